The zero-order valence-corrected chi connectivity index (χ0v) is 4.76. The van der Waals surface area contributed by atoms with Crippen molar-refractivity contribution in [3.05, 3.63) is 30.6 Å². The molecule has 2 rings (SSSR count). The molecule has 0 spiro atoms. The number of nitrogens with zero attached hydrogens (tertiary/aromatic N) is 1. The van der Waals surface area contributed by atoms with Gasteiger partial charge in [-0.15, -0.1) is 0 Å². The summed E-state index contributed by atoms with van der Waals surface area (Å²) in [5.41, 5.74) is 0.925. The van der Waals surface area contributed by atoms with Crippen LogP contribution in [-0.2, 0) is 0 Å². The fraction of sp³-hybridized carbons (Fsp3) is 0. The summed E-state index contributed by atoms with van der Waals surface area (Å²) in [4.78, 5) is 7.02. The number of hydrogen-bond acceptors (Lipinski definition) is 1. The van der Waals surface area contributed by atoms with Gasteiger partial charge in [-0.3, -0.25) is 0 Å². The average Bonchev–Trinajstić information content (AvgIpc) is 2.33. The number of hydrogen-bond donors (Lipinski definition) is 1. The van der Waals surface area contributed by atoms with Gasteiger partial charge in [-0.25, -0.2) is 4.98 Å². The molecule has 43 valence electrons. The lowest BCUT2D eigenvalue weighted by atomic mass is 10.3. The summed E-state index contributed by atoms with van der Waals surface area (Å²) in [7, 11) is 0. The Kier molecular flexibility index (Phi) is 0.803. The van der Waals surface area contributed by atoms with Crippen LogP contribution >= 0.6 is 0 Å². The molecule has 2 aromatic heterocycles. The third kappa shape index (κ3) is 0.598. The van der Waals surface area contributed by atoms with Crippen molar-refractivity contribution in [1.82, 2.24) is 9.97 Å². The lowest BCUT2D eigenvalue weighted by Crippen LogP contribution is -1.71. The Morgan fingerprint density at radius 3 is 3.44 bits per heavy atom. The minimum absolute atomic E-state index is 0.925. The van der Waals surface area contributed by atoms with Crippen LogP contribution in [0.2, 0.25) is 0 Å². The van der Waals surface area contributed by atoms with Crippen LogP contribution in [0.4, 0.5) is 0 Å². The molecule has 0 bridgehead atoms. The molecule has 2 heteroatoms. The van der Waals surface area contributed by atoms with E-state index in [0.717, 1.165) is 11.0 Å². The molecule has 2 heterocycles. The predicted octanol–water partition coefficient (Wildman–Crippen LogP) is 1.36. The Labute approximate surface area is 52.5 Å². The van der Waals surface area contributed by atoms with Crippen LogP contribution in [0.5, 0.6) is 0 Å². The zero-order valence-electron chi connectivity index (χ0n) is 4.76. The molecule has 0 fully saturated rings. The van der Waals surface area contributed by atoms with Crippen molar-refractivity contribution in [2.75, 3.05) is 0 Å². The SMILES string of the molecule is [c]1cnc2[nH]ccc2c1. The van der Waals surface area contributed by atoms with E-state index in [1.807, 2.05) is 18.3 Å². The molecule has 0 aliphatic heterocycles. The van der Waals surface area contributed by atoms with E-state index in [4.69, 9.17) is 0 Å². The molecule has 0 unspecified atom stereocenters. The van der Waals surface area contributed by atoms with Crippen LogP contribution in [-0.4, -0.2) is 9.97 Å². The van der Waals surface area contributed by atoms with E-state index in [1.165, 1.54) is 0 Å². The Balaban J connectivity index is 2.95. The molecule has 0 aliphatic carbocycles. The standard InChI is InChI=1S/C7H5N2/c1-2-6-3-5-9-7(6)8-4-1/h2-5H,(H,8,9). The molecule has 0 saturated carbocycles. The third-order valence-corrected chi connectivity index (χ3v) is 1.26. The first-order chi connectivity index (χ1) is 4.47. The number of pyridine rings is 1. The summed E-state index contributed by atoms with van der Waals surface area (Å²) >= 11 is 0. The van der Waals surface area contributed by atoms with E-state index in [9.17, 15) is 0 Å². The van der Waals surface area contributed by atoms with Crippen LogP contribution in [0, 0.1) is 6.07 Å². The summed E-state index contributed by atoms with van der Waals surface area (Å²) < 4.78 is 0. The molecule has 2 aromatic rings. The maximum absolute atomic E-state index is 4.03. The summed E-state index contributed by atoms with van der Waals surface area (Å²) in [6.45, 7) is 0. The highest BCUT2D eigenvalue weighted by Gasteiger charge is 1.88. The van der Waals surface area contributed by atoms with Gasteiger partial charge >= 0.3 is 0 Å². The fourth-order valence-electron chi connectivity index (χ4n) is 0.830. The van der Waals surface area contributed by atoms with Gasteiger partial charge in [-0.1, -0.05) is 0 Å². The number of fused-ring (bicyclic) bond motifs is 1. The molecule has 1 radical (unpaired) electrons. The molecule has 0 amide bonds. The van der Waals surface area contributed by atoms with Gasteiger partial charge in [0.2, 0.25) is 0 Å². The van der Waals surface area contributed by atoms with Gasteiger partial charge in [0, 0.05) is 23.8 Å². The number of H-pyrrole nitrogens is 1. The number of aromatic nitrogens is 2. The van der Waals surface area contributed by atoms with Crippen molar-refractivity contribution in [3.63, 3.8) is 0 Å². The number of rotatable bonds is 0. The quantitative estimate of drug-likeness (QED) is 0.554. The van der Waals surface area contributed by atoms with Crippen LogP contribution in [0.25, 0.3) is 11.0 Å². The van der Waals surface area contributed by atoms with Crippen LogP contribution in [0.1, 0.15) is 0 Å². The van der Waals surface area contributed by atoms with Crippen molar-refractivity contribution in [3.8, 4) is 0 Å². The van der Waals surface area contributed by atoms with E-state index < -0.39 is 0 Å². The van der Waals surface area contributed by atoms with Gasteiger partial charge in [0.15, 0.2) is 0 Å². The minimum Gasteiger partial charge on any atom is -0.346 e. The largest absolute Gasteiger partial charge is 0.346 e. The van der Waals surface area contributed by atoms with Gasteiger partial charge in [-0.2, -0.15) is 0 Å². The average molecular weight is 117 g/mol. The second kappa shape index (κ2) is 1.58. The smallest absolute Gasteiger partial charge is 0.137 e. The number of aromatic amines is 1. The summed E-state index contributed by atoms with van der Waals surface area (Å²) in [5.74, 6) is 0. The molecule has 1 N–H and O–H groups in total. The van der Waals surface area contributed by atoms with E-state index >= 15 is 0 Å². The lowest BCUT2D eigenvalue weighted by Gasteiger charge is -1.81. The molecular weight excluding hydrogens is 112 g/mol. The summed E-state index contributed by atoms with van der Waals surface area (Å²) in [5, 5.41) is 1.11. The first-order valence-corrected chi connectivity index (χ1v) is 2.76. The highest BCUT2D eigenvalue weighted by molar-refractivity contribution is 5.74. The monoisotopic (exact) mass is 117 g/mol. The zero-order chi connectivity index (χ0) is 6.10. The van der Waals surface area contributed by atoms with E-state index in [1.54, 1.807) is 6.20 Å². The van der Waals surface area contributed by atoms with E-state index in [-0.39, 0.29) is 0 Å². The van der Waals surface area contributed by atoms with Crippen molar-refractivity contribution in [2.24, 2.45) is 0 Å². The van der Waals surface area contributed by atoms with Crippen molar-refractivity contribution in [2.45, 2.75) is 0 Å². The third-order valence-electron chi connectivity index (χ3n) is 1.26. The Morgan fingerprint density at radius 2 is 2.56 bits per heavy atom. The highest BCUT2D eigenvalue weighted by Crippen LogP contribution is 2.05. The molecule has 0 saturated heterocycles. The molecule has 0 aromatic carbocycles. The summed E-state index contributed by atoms with van der Waals surface area (Å²) in [6, 6.07) is 6.76. The summed E-state index contributed by atoms with van der Waals surface area (Å²) in [6.07, 6.45) is 3.52. The Bertz CT molecular complexity index is 281. The predicted molar refractivity (Wildman–Crippen MR) is 34.9 cm³/mol. The van der Waals surface area contributed by atoms with Gasteiger partial charge in [0.05, 0.1) is 0 Å². The van der Waals surface area contributed by atoms with Gasteiger partial charge < -0.3 is 4.98 Å². The number of nitrogens with one attached hydrogen (secondary N) is 1. The van der Waals surface area contributed by atoms with Crippen molar-refractivity contribution in [1.29, 1.82) is 0 Å². The molecule has 0 atom stereocenters. The van der Waals surface area contributed by atoms with E-state index in [2.05, 4.69) is 16.0 Å². The highest BCUT2D eigenvalue weighted by atomic mass is 14.8. The van der Waals surface area contributed by atoms with Gasteiger partial charge in [0.1, 0.15) is 5.65 Å². The van der Waals surface area contributed by atoms with Crippen LogP contribution < -0.4 is 0 Å². The van der Waals surface area contributed by atoms with Crippen LogP contribution in [0.3, 0.4) is 0 Å². The van der Waals surface area contributed by atoms with Crippen molar-refractivity contribution < 1.29 is 0 Å². The maximum atomic E-state index is 4.03. The molecule has 9 heavy (non-hydrogen) atoms. The Morgan fingerprint density at radius 1 is 1.56 bits per heavy atom. The second-order valence-corrected chi connectivity index (χ2v) is 1.85. The van der Waals surface area contributed by atoms with Gasteiger partial charge in [0.25, 0.3) is 0 Å². The fourth-order valence-corrected chi connectivity index (χ4v) is 0.830. The Hall–Kier alpha value is -1.31. The van der Waals surface area contributed by atoms with E-state index in [0.29, 0.717) is 0 Å². The topological polar surface area (TPSA) is 28.7 Å². The second-order valence-electron chi connectivity index (χ2n) is 1.85. The van der Waals surface area contributed by atoms with Gasteiger partial charge in [-0.05, 0) is 12.1 Å². The normalized spacial score (nSPS) is 10.2. The lowest BCUT2D eigenvalue weighted by molar-refractivity contribution is 1.32. The molecule has 0 aliphatic rings. The van der Waals surface area contributed by atoms with Crippen molar-refractivity contribution >= 4 is 11.0 Å². The minimum atomic E-state index is 0.925. The first-order valence-electron chi connectivity index (χ1n) is 2.76. The molecular formula is C7H5N2. The van der Waals surface area contributed by atoms with Crippen LogP contribution in [0.15, 0.2) is 24.5 Å². The molecule has 2 nitrogen and oxygen atoms in total. The maximum Gasteiger partial charge on any atom is 0.137 e. The first kappa shape index (κ1) is 4.56.